The van der Waals surface area contributed by atoms with E-state index >= 15 is 0 Å². The van der Waals surface area contributed by atoms with E-state index in [0.717, 1.165) is 18.4 Å². The van der Waals surface area contributed by atoms with Gasteiger partial charge in [0.15, 0.2) is 0 Å². The van der Waals surface area contributed by atoms with E-state index in [4.69, 9.17) is 28.8 Å². The average Bonchev–Trinajstić information content (AvgIpc) is 3.80. The number of allylic oxidation sites excluding steroid dienone is 1. The minimum Gasteiger partial charge on any atom is -0.480 e. The minimum atomic E-state index is -1.14. The van der Waals surface area contributed by atoms with E-state index in [-0.39, 0.29) is 36.9 Å². The number of ether oxygens (including phenoxy) is 5. The molecule has 1 aliphatic carbocycles. The summed E-state index contributed by atoms with van der Waals surface area (Å²) in [5.74, 6) is -1.65. The van der Waals surface area contributed by atoms with Crippen LogP contribution in [0.2, 0.25) is 0 Å². The predicted octanol–water partition coefficient (Wildman–Crippen LogP) is 3.03. The molecule has 1 saturated carbocycles. The van der Waals surface area contributed by atoms with Gasteiger partial charge in [0, 0.05) is 19.3 Å². The Labute approximate surface area is 228 Å². The van der Waals surface area contributed by atoms with Crippen molar-refractivity contribution in [2.24, 2.45) is 5.92 Å². The summed E-state index contributed by atoms with van der Waals surface area (Å²) in [6.45, 7) is 6.24. The van der Waals surface area contributed by atoms with E-state index in [9.17, 15) is 14.4 Å². The van der Waals surface area contributed by atoms with Gasteiger partial charge in [-0.05, 0) is 57.7 Å². The summed E-state index contributed by atoms with van der Waals surface area (Å²) >= 11 is 0. The molecule has 1 spiro atoms. The quantitative estimate of drug-likeness (QED) is 0.266. The molecule has 2 amide bonds. The van der Waals surface area contributed by atoms with E-state index < -0.39 is 36.3 Å². The molecule has 0 aromatic heterocycles. The third-order valence-electron chi connectivity index (χ3n) is 7.63. The fourth-order valence-corrected chi connectivity index (χ4v) is 5.56. The van der Waals surface area contributed by atoms with Crippen molar-refractivity contribution in [3.05, 3.63) is 41.5 Å². The lowest BCUT2D eigenvalue weighted by Gasteiger charge is -2.42. The minimum absolute atomic E-state index is 0.0469. The van der Waals surface area contributed by atoms with Crippen LogP contribution in [0.1, 0.15) is 45.6 Å². The summed E-state index contributed by atoms with van der Waals surface area (Å²) in [5, 5.41) is 14.0. The number of carbonyl (C=O) groups excluding carboxylic acids is 2. The van der Waals surface area contributed by atoms with Crippen molar-refractivity contribution in [1.29, 1.82) is 0 Å². The molecule has 2 unspecified atom stereocenters. The summed E-state index contributed by atoms with van der Waals surface area (Å²) in [7, 11) is 1.64. The number of anilines is 1. The molecule has 11 nitrogen and oxygen atoms in total. The van der Waals surface area contributed by atoms with Gasteiger partial charge in [-0.2, -0.15) is 0 Å². The van der Waals surface area contributed by atoms with Gasteiger partial charge in [0.1, 0.15) is 36.6 Å². The van der Waals surface area contributed by atoms with Crippen LogP contribution in [0.4, 0.5) is 10.5 Å². The second-order valence-electron chi connectivity index (χ2n) is 10.8. The molecule has 4 rings (SSSR count). The topological polar surface area (TPSA) is 148 Å². The molecule has 2 aliphatic heterocycles. The number of carbonyl (C=O) groups is 3. The van der Waals surface area contributed by atoms with E-state index in [1.54, 1.807) is 31.4 Å². The molecule has 2 heterocycles. The first kappa shape index (κ1) is 29.0. The first-order valence-electron chi connectivity index (χ1n) is 13.2. The maximum absolute atomic E-state index is 12.7. The van der Waals surface area contributed by atoms with Gasteiger partial charge in [0.2, 0.25) is 5.91 Å². The Morgan fingerprint density at radius 2 is 1.90 bits per heavy atom. The van der Waals surface area contributed by atoms with Crippen molar-refractivity contribution in [1.82, 2.24) is 5.32 Å². The van der Waals surface area contributed by atoms with Crippen molar-refractivity contribution in [3.8, 4) is 0 Å². The molecule has 3 N–H and O–H groups in total. The Kier molecular flexibility index (Phi) is 8.95. The summed E-state index contributed by atoms with van der Waals surface area (Å²) in [6.07, 6.45) is 3.18. The number of carboxylic acid groups (broad SMARTS) is 1. The van der Waals surface area contributed by atoms with Gasteiger partial charge in [-0.15, -0.1) is 0 Å². The van der Waals surface area contributed by atoms with Crippen molar-refractivity contribution in [2.45, 2.75) is 76.1 Å². The van der Waals surface area contributed by atoms with Crippen LogP contribution in [0.15, 0.2) is 35.9 Å². The molecule has 0 radical (unpaired) electrons. The molecule has 1 aromatic carbocycles. The predicted molar refractivity (Wildman–Crippen MR) is 140 cm³/mol. The number of carboxylic acids is 1. The maximum Gasteiger partial charge on any atom is 0.407 e. The van der Waals surface area contributed by atoms with Crippen LogP contribution >= 0.6 is 0 Å². The van der Waals surface area contributed by atoms with Crippen LogP contribution in [-0.2, 0) is 39.8 Å². The van der Waals surface area contributed by atoms with Crippen molar-refractivity contribution >= 4 is 23.7 Å². The number of amides is 2. The Hall–Kier alpha value is -2.99. The summed E-state index contributed by atoms with van der Waals surface area (Å²) < 4.78 is 28.7. The van der Waals surface area contributed by atoms with E-state index in [0.29, 0.717) is 18.7 Å². The summed E-state index contributed by atoms with van der Waals surface area (Å²) in [6, 6.07) is 6.88. The van der Waals surface area contributed by atoms with Gasteiger partial charge in [-0.3, -0.25) is 4.79 Å². The standard InChI is InChI=1S/C28H38N2O9/c1-17(2)5-10-21-27(3,39-21)25-24(35-4)20(11-12-28(25)16-37-28)38-26(34)29-13-18-6-8-19(9-7-18)30-22(31)14-36-15-23(32)33/h5-9,20-21,24-25H,10-16H2,1-4H3,(H,29,34)(H,30,31)(H,32,33)/t20-,21?,24-,25-,27-,28?/m1/s1. The third kappa shape index (κ3) is 7.16. The smallest absolute Gasteiger partial charge is 0.407 e. The zero-order chi connectivity index (χ0) is 28.2. The number of epoxide rings is 2. The number of aliphatic carboxylic acids is 1. The lowest BCUT2D eigenvalue weighted by atomic mass is 9.68. The van der Waals surface area contributed by atoms with Crippen molar-refractivity contribution < 1.29 is 43.2 Å². The van der Waals surface area contributed by atoms with Crippen LogP contribution in [-0.4, -0.2) is 79.5 Å². The number of nitrogens with one attached hydrogen (secondary N) is 2. The molecule has 1 aromatic rings. The molecule has 6 atom stereocenters. The monoisotopic (exact) mass is 546 g/mol. The summed E-state index contributed by atoms with van der Waals surface area (Å²) in [5.41, 5.74) is 1.89. The van der Waals surface area contributed by atoms with Crippen molar-refractivity contribution in [3.63, 3.8) is 0 Å². The Morgan fingerprint density at radius 3 is 2.51 bits per heavy atom. The highest BCUT2D eigenvalue weighted by atomic mass is 16.6. The van der Waals surface area contributed by atoms with Crippen LogP contribution in [0, 0.1) is 5.92 Å². The Balaban J connectivity index is 1.28. The molecule has 3 aliphatic rings. The van der Waals surface area contributed by atoms with Crippen LogP contribution in [0.25, 0.3) is 0 Å². The van der Waals surface area contributed by atoms with E-state index in [2.05, 4.69) is 37.5 Å². The Bertz CT molecular complexity index is 1080. The SMILES string of the molecule is CO[C@@H]1[C@H](OC(=O)NCc2ccc(NC(=O)COCC(=O)O)cc2)CCC2(CO2)[C@H]1[C@]1(C)OC1CC=C(C)C. The van der Waals surface area contributed by atoms with Gasteiger partial charge in [-0.25, -0.2) is 9.59 Å². The number of rotatable bonds is 12. The first-order chi connectivity index (χ1) is 18.6. The highest BCUT2D eigenvalue weighted by molar-refractivity contribution is 5.91. The number of hydrogen-bond donors (Lipinski definition) is 3. The zero-order valence-electron chi connectivity index (χ0n) is 22.9. The number of hydrogen-bond acceptors (Lipinski definition) is 8. The Morgan fingerprint density at radius 1 is 1.18 bits per heavy atom. The molecular weight excluding hydrogens is 508 g/mol. The highest BCUT2D eigenvalue weighted by Crippen LogP contribution is 2.59. The molecular formula is C28H38N2O9. The fourth-order valence-electron chi connectivity index (χ4n) is 5.56. The number of methoxy groups -OCH3 is 1. The van der Waals surface area contributed by atoms with E-state index in [1.807, 2.05) is 0 Å². The van der Waals surface area contributed by atoms with Crippen LogP contribution in [0.5, 0.6) is 0 Å². The van der Waals surface area contributed by atoms with Crippen LogP contribution in [0.3, 0.4) is 0 Å². The second-order valence-corrected chi connectivity index (χ2v) is 10.8. The molecule has 2 saturated heterocycles. The van der Waals surface area contributed by atoms with Gasteiger partial charge >= 0.3 is 12.1 Å². The molecule has 3 fully saturated rings. The maximum atomic E-state index is 12.7. The normalized spacial score (nSPS) is 30.8. The van der Waals surface area contributed by atoms with Gasteiger partial charge in [-0.1, -0.05) is 23.8 Å². The van der Waals surface area contributed by atoms with Gasteiger partial charge in [0.25, 0.3) is 0 Å². The van der Waals surface area contributed by atoms with Gasteiger partial charge in [0.05, 0.1) is 18.6 Å². The lowest BCUT2D eigenvalue weighted by molar-refractivity contribution is -0.143. The largest absolute Gasteiger partial charge is 0.480 e. The first-order valence-corrected chi connectivity index (χ1v) is 13.2. The number of alkyl carbamates (subject to hydrolysis) is 1. The zero-order valence-corrected chi connectivity index (χ0v) is 22.9. The summed E-state index contributed by atoms with van der Waals surface area (Å²) in [4.78, 5) is 35.0. The number of benzene rings is 1. The molecule has 11 heteroatoms. The van der Waals surface area contributed by atoms with Crippen LogP contribution < -0.4 is 10.6 Å². The molecule has 39 heavy (non-hydrogen) atoms. The second kappa shape index (κ2) is 12.0. The average molecular weight is 547 g/mol. The highest BCUT2D eigenvalue weighted by Gasteiger charge is 2.72. The van der Waals surface area contributed by atoms with Crippen molar-refractivity contribution in [2.75, 3.05) is 32.2 Å². The fraction of sp³-hybridized carbons (Fsp3) is 0.607. The molecule has 0 bridgehead atoms. The lowest BCUT2D eigenvalue weighted by Crippen LogP contribution is -2.56. The molecule has 214 valence electrons. The van der Waals surface area contributed by atoms with Gasteiger partial charge < -0.3 is 39.4 Å². The third-order valence-corrected chi connectivity index (χ3v) is 7.63. The van der Waals surface area contributed by atoms with E-state index in [1.165, 1.54) is 5.57 Å².